The molecule has 0 saturated carbocycles. The minimum atomic E-state index is -0.894. The highest BCUT2D eigenvalue weighted by molar-refractivity contribution is 5.94. The molecule has 1 N–H and O–H groups in total. The molecule has 0 bridgehead atoms. The van der Waals surface area contributed by atoms with E-state index in [4.69, 9.17) is 28.4 Å². The van der Waals surface area contributed by atoms with Gasteiger partial charge in [-0.25, -0.2) is 0 Å². The van der Waals surface area contributed by atoms with Crippen LogP contribution in [0.5, 0.6) is 5.75 Å². The molecule has 5 atom stereocenters. The first-order valence-corrected chi connectivity index (χ1v) is 12.1. The molecule has 1 aromatic rings. The fourth-order valence-corrected chi connectivity index (χ4v) is 4.57. The molecule has 0 spiro atoms. The second kappa shape index (κ2) is 9.88. The lowest BCUT2D eigenvalue weighted by molar-refractivity contribution is -0.229. The average molecular weight is 464 g/mol. The smallest absolute Gasteiger partial charge is 0.256 e. The highest BCUT2D eigenvalue weighted by Crippen LogP contribution is 2.44. The zero-order valence-electron chi connectivity index (χ0n) is 20.3. The van der Waals surface area contributed by atoms with Gasteiger partial charge in [-0.15, -0.1) is 0 Å². The minimum absolute atomic E-state index is 0.317. The third-order valence-electron chi connectivity index (χ3n) is 6.05. The van der Waals surface area contributed by atoms with Gasteiger partial charge in [0.05, 0.1) is 6.61 Å². The van der Waals surface area contributed by atoms with Crippen LogP contribution in [0.3, 0.4) is 0 Å². The molecule has 3 fully saturated rings. The Morgan fingerprint density at radius 3 is 2.24 bits per heavy atom. The van der Waals surface area contributed by atoms with E-state index in [0.717, 1.165) is 12.2 Å². The summed E-state index contributed by atoms with van der Waals surface area (Å²) in [6.07, 6.45) is 2.85. The van der Waals surface area contributed by atoms with Crippen molar-refractivity contribution in [1.82, 2.24) is 0 Å². The van der Waals surface area contributed by atoms with Crippen LogP contribution in [0.15, 0.2) is 24.3 Å². The highest BCUT2D eigenvalue weighted by atomic mass is 16.9. The molecule has 0 radical (unpaired) electrons. The van der Waals surface area contributed by atoms with E-state index in [0.29, 0.717) is 12.3 Å². The number of anilines is 1. The Balaban J connectivity index is 1.35. The van der Waals surface area contributed by atoms with Gasteiger partial charge in [0.15, 0.2) is 24.0 Å². The third kappa shape index (κ3) is 5.87. The first-order valence-electron chi connectivity index (χ1n) is 12.1. The Morgan fingerprint density at radius 2 is 1.52 bits per heavy atom. The maximum atomic E-state index is 13.2. The molecule has 8 nitrogen and oxygen atoms in total. The molecule has 1 aromatic carbocycles. The van der Waals surface area contributed by atoms with E-state index in [-0.39, 0.29) is 5.91 Å². The van der Waals surface area contributed by atoms with Crippen molar-refractivity contribution in [1.29, 1.82) is 0 Å². The molecule has 8 heteroatoms. The summed E-state index contributed by atoms with van der Waals surface area (Å²) in [7, 11) is 0. The first-order chi connectivity index (χ1) is 15.7. The van der Waals surface area contributed by atoms with Crippen molar-refractivity contribution < 1.29 is 33.2 Å². The molecule has 0 aliphatic carbocycles. The Labute approximate surface area is 196 Å². The maximum Gasteiger partial charge on any atom is 0.256 e. The fraction of sp³-hybridized carbons (Fsp3) is 0.720. The second-order valence-electron chi connectivity index (χ2n) is 9.87. The van der Waals surface area contributed by atoms with Gasteiger partial charge in [0.25, 0.3) is 5.91 Å². The van der Waals surface area contributed by atoms with E-state index in [9.17, 15) is 4.79 Å². The van der Waals surface area contributed by atoms with E-state index in [1.54, 1.807) is 0 Å². The lowest BCUT2D eigenvalue weighted by atomic mass is 9.98. The molecule has 3 aliphatic heterocycles. The number of benzene rings is 1. The van der Waals surface area contributed by atoms with Crippen LogP contribution in [0, 0.1) is 0 Å². The summed E-state index contributed by atoms with van der Waals surface area (Å²) >= 11 is 0. The molecule has 0 unspecified atom stereocenters. The van der Waals surface area contributed by atoms with Crippen molar-refractivity contribution in [3.8, 4) is 5.75 Å². The summed E-state index contributed by atoms with van der Waals surface area (Å²) in [4.78, 5) is 13.2. The number of ether oxygens (including phenoxy) is 6. The molecular weight excluding hydrogens is 426 g/mol. The summed E-state index contributed by atoms with van der Waals surface area (Å²) < 4.78 is 35.8. The number of amides is 1. The van der Waals surface area contributed by atoms with Gasteiger partial charge in [-0.3, -0.25) is 4.79 Å². The van der Waals surface area contributed by atoms with E-state index in [2.05, 4.69) is 12.2 Å². The van der Waals surface area contributed by atoms with Crippen molar-refractivity contribution in [3.05, 3.63) is 24.3 Å². The maximum absolute atomic E-state index is 13.2. The first kappa shape index (κ1) is 24.4. The largest absolute Gasteiger partial charge is 0.494 e. The van der Waals surface area contributed by atoms with E-state index in [1.807, 2.05) is 52.0 Å². The minimum Gasteiger partial charge on any atom is -0.494 e. The predicted octanol–water partition coefficient (Wildman–Crippen LogP) is 4.37. The molecule has 3 heterocycles. The van der Waals surface area contributed by atoms with Gasteiger partial charge in [-0.1, -0.05) is 32.6 Å². The molecular formula is C25H37NO7. The Bertz CT molecular complexity index is 809. The number of hydrogen-bond donors (Lipinski definition) is 1. The lowest BCUT2D eigenvalue weighted by Gasteiger charge is -2.36. The van der Waals surface area contributed by atoms with E-state index < -0.39 is 42.3 Å². The van der Waals surface area contributed by atoms with Gasteiger partial charge < -0.3 is 33.7 Å². The molecule has 1 amide bonds. The molecule has 0 aromatic heterocycles. The van der Waals surface area contributed by atoms with Crippen molar-refractivity contribution >= 4 is 11.6 Å². The van der Waals surface area contributed by atoms with Gasteiger partial charge in [0.2, 0.25) is 0 Å². The normalized spacial score (nSPS) is 31.6. The molecule has 3 saturated heterocycles. The van der Waals surface area contributed by atoms with Crippen LogP contribution in [0.4, 0.5) is 5.69 Å². The van der Waals surface area contributed by atoms with Crippen molar-refractivity contribution in [2.45, 2.75) is 109 Å². The molecule has 4 rings (SSSR count). The number of carbonyl (C=O) groups is 1. The van der Waals surface area contributed by atoms with Crippen LogP contribution in [-0.4, -0.2) is 54.8 Å². The van der Waals surface area contributed by atoms with Gasteiger partial charge in [0, 0.05) is 5.69 Å². The Hall–Kier alpha value is -1.71. The molecule has 33 heavy (non-hydrogen) atoms. The number of fused-ring (bicyclic) bond motifs is 3. The van der Waals surface area contributed by atoms with Crippen molar-refractivity contribution in [2.75, 3.05) is 11.9 Å². The number of carbonyl (C=O) groups excluding carboxylic acids is 1. The van der Waals surface area contributed by atoms with Crippen LogP contribution >= 0.6 is 0 Å². The standard InChI is InChI=1S/C25H37NO7/c1-6-7-8-9-10-15-28-17-13-11-16(12-14-17)26-22(27)20-18-19(31-24(2,3)30-18)21-23(29-20)33-25(4,5)32-21/h11-14,18-21,23H,6-10,15H2,1-5H3,(H,26,27)/t18-,19+,20+,21-,23-/m1/s1. The van der Waals surface area contributed by atoms with Crippen LogP contribution in [-0.2, 0) is 28.5 Å². The SMILES string of the molecule is CCCCCCCOc1ccc(NC(=O)[C@H]2O[C@@H]3OC(C)(C)O[C@@H]3[C@H]3OC(C)(C)O[C@H]32)cc1. The third-order valence-corrected chi connectivity index (χ3v) is 6.05. The number of hydrogen-bond acceptors (Lipinski definition) is 7. The highest BCUT2D eigenvalue weighted by Gasteiger charge is 2.62. The van der Waals surface area contributed by atoms with Crippen molar-refractivity contribution in [2.24, 2.45) is 0 Å². The fourth-order valence-electron chi connectivity index (χ4n) is 4.57. The number of nitrogens with one attached hydrogen (secondary N) is 1. The lowest BCUT2D eigenvalue weighted by Crippen LogP contribution is -2.58. The van der Waals surface area contributed by atoms with Gasteiger partial charge in [0.1, 0.15) is 24.1 Å². The molecule has 184 valence electrons. The number of unbranched alkanes of at least 4 members (excludes halogenated alkanes) is 4. The summed E-state index contributed by atoms with van der Waals surface area (Å²) in [6, 6.07) is 7.36. The van der Waals surface area contributed by atoms with Crippen LogP contribution in [0.2, 0.25) is 0 Å². The second-order valence-corrected chi connectivity index (χ2v) is 9.87. The van der Waals surface area contributed by atoms with Crippen LogP contribution < -0.4 is 10.1 Å². The topological polar surface area (TPSA) is 84.5 Å². The van der Waals surface area contributed by atoms with Crippen LogP contribution in [0.25, 0.3) is 0 Å². The van der Waals surface area contributed by atoms with E-state index in [1.165, 1.54) is 25.7 Å². The van der Waals surface area contributed by atoms with Gasteiger partial charge in [-0.05, 0) is 58.4 Å². The predicted molar refractivity (Wildman–Crippen MR) is 122 cm³/mol. The number of rotatable bonds is 9. The Morgan fingerprint density at radius 1 is 0.879 bits per heavy atom. The van der Waals surface area contributed by atoms with Crippen LogP contribution in [0.1, 0.15) is 66.7 Å². The summed E-state index contributed by atoms with van der Waals surface area (Å²) in [5.41, 5.74) is 0.652. The van der Waals surface area contributed by atoms with E-state index >= 15 is 0 Å². The summed E-state index contributed by atoms with van der Waals surface area (Å²) in [5, 5.41) is 2.92. The van der Waals surface area contributed by atoms with Crippen molar-refractivity contribution in [3.63, 3.8) is 0 Å². The zero-order chi connectivity index (χ0) is 23.6. The average Bonchev–Trinajstić information content (AvgIpc) is 3.24. The van der Waals surface area contributed by atoms with Gasteiger partial charge >= 0.3 is 0 Å². The quantitative estimate of drug-likeness (QED) is 0.544. The zero-order valence-corrected chi connectivity index (χ0v) is 20.3. The summed E-state index contributed by atoms with van der Waals surface area (Å²) in [5.74, 6) is -1.21. The molecule has 3 aliphatic rings. The van der Waals surface area contributed by atoms with Gasteiger partial charge in [-0.2, -0.15) is 0 Å². The summed E-state index contributed by atoms with van der Waals surface area (Å²) in [6.45, 7) is 10.2. The monoisotopic (exact) mass is 463 g/mol. The Kier molecular flexibility index (Phi) is 7.31.